The van der Waals surface area contributed by atoms with Gasteiger partial charge in [-0.15, -0.1) is 11.8 Å². The van der Waals surface area contributed by atoms with Crippen LogP contribution >= 0.6 is 11.8 Å². The summed E-state index contributed by atoms with van der Waals surface area (Å²) in [5.74, 6) is 0.679. The van der Waals surface area contributed by atoms with E-state index in [2.05, 4.69) is 4.98 Å². The van der Waals surface area contributed by atoms with Crippen LogP contribution in [0.15, 0.2) is 24.4 Å². The average Bonchev–Trinajstić information content (AvgIpc) is 3.21. The number of hydrogen-bond acceptors (Lipinski definition) is 5. The summed E-state index contributed by atoms with van der Waals surface area (Å²) in [7, 11) is 0. The molecule has 1 aliphatic heterocycles. The lowest BCUT2D eigenvalue weighted by Crippen LogP contribution is -2.34. The van der Waals surface area contributed by atoms with E-state index in [0.717, 1.165) is 12.1 Å². The van der Waals surface area contributed by atoms with Crippen molar-refractivity contribution in [3.8, 4) is 0 Å². The first-order chi connectivity index (χ1) is 10.2. The molecule has 0 radical (unpaired) electrons. The SMILES string of the molecule is CCOC(=O)C1CC1C1SCC(=O)N1Cc1ccccn1. The molecule has 21 heavy (non-hydrogen) atoms. The lowest BCUT2D eigenvalue weighted by molar-refractivity contribution is -0.145. The van der Waals surface area contributed by atoms with Crippen molar-refractivity contribution in [1.82, 2.24) is 9.88 Å². The zero-order valence-corrected chi connectivity index (χ0v) is 12.7. The molecule has 1 saturated heterocycles. The summed E-state index contributed by atoms with van der Waals surface area (Å²) in [5.41, 5.74) is 0.881. The van der Waals surface area contributed by atoms with Crippen LogP contribution in [0.5, 0.6) is 0 Å². The van der Waals surface area contributed by atoms with Gasteiger partial charge < -0.3 is 9.64 Å². The second kappa shape index (κ2) is 6.05. The Bertz CT molecular complexity index is 537. The number of aromatic nitrogens is 1. The summed E-state index contributed by atoms with van der Waals surface area (Å²) in [6.07, 6.45) is 2.55. The van der Waals surface area contributed by atoms with Gasteiger partial charge in [0.1, 0.15) is 0 Å². The van der Waals surface area contributed by atoms with Crippen LogP contribution in [-0.2, 0) is 20.9 Å². The highest BCUT2D eigenvalue weighted by atomic mass is 32.2. The zero-order valence-electron chi connectivity index (χ0n) is 11.9. The molecule has 3 rings (SSSR count). The van der Waals surface area contributed by atoms with E-state index in [4.69, 9.17) is 4.74 Å². The number of hydrogen-bond donors (Lipinski definition) is 0. The number of pyridine rings is 1. The molecule has 1 saturated carbocycles. The fourth-order valence-electron chi connectivity index (χ4n) is 2.72. The first-order valence-electron chi connectivity index (χ1n) is 7.18. The van der Waals surface area contributed by atoms with Gasteiger partial charge >= 0.3 is 5.97 Å². The maximum Gasteiger partial charge on any atom is 0.309 e. The van der Waals surface area contributed by atoms with E-state index >= 15 is 0 Å². The van der Waals surface area contributed by atoms with Gasteiger partial charge in [0.2, 0.25) is 5.91 Å². The van der Waals surface area contributed by atoms with Gasteiger partial charge in [-0.3, -0.25) is 14.6 Å². The first kappa shape index (κ1) is 14.4. The molecule has 0 N–H and O–H groups in total. The topological polar surface area (TPSA) is 59.5 Å². The zero-order chi connectivity index (χ0) is 14.8. The smallest absolute Gasteiger partial charge is 0.309 e. The Kier molecular flexibility index (Phi) is 4.14. The van der Waals surface area contributed by atoms with Gasteiger partial charge in [0.05, 0.1) is 35.9 Å². The summed E-state index contributed by atoms with van der Waals surface area (Å²) >= 11 is 1.63. The molecule has 1 aliphatic carbocycles. The molecule has 1 aromatic heterocycles. The quantitative estimate of drug-likeness (QED) is 0.775. The largest absolute Gasteiger partial charge is 0.466 e. The van der Waals surface area contributed by atoms with Crippen LogP contribution in [0.1, 0.15) is 19.0 Å². The molecule has 5 nitrogen and oxygen atoms in total. The van der Waals surface area contributed by atoms with Crippen LogP contribution in [0.25, 0.3) is 0 Å². The Morgan fingerprint density at radius 2 is 2.38 bits per heavy atom. The third-order valence-corrected chi connectivity index (χ3v) is 5.22. The monoisotopic (exact) mass is 306 g/mol. The molecule has 6 heteroatoms. The Balaban J connectivity index is 1.65. The summed E-state index contributed by atoms with van der Waals surface area (Å²) in [4.78, 5) is 30.0. The molecule has 1 amide bonds. The highest BCUT2D eigenvalue weighted by Gasteiger charge is 2.53. The van der Waals surface area contributed by atoms with Crippen LogP contribution in [0.3, 0.4) is 0 Å². The van der Waals surface area contributed by atoms with Crippen LogP contribution < -0.4 is 0 Å². The van der Waals surface area contributed by atoms with Crippen molar-refractivity contribution in [2.75, 3.05) is 12.4 Å². The third-order valence-electron chi connectivity index (χ3n) is 3.86. The molecule has 2 aliphatic rings. The first-order valence-corrected chi connectivity index (χ1v) is 8.23. The van der Waals surface area contributed by atoms with Gasteiger partial charge in [0.25, 0.3) is 0 Å². The van der Waals surface area contributed by atoms with E-state index in [-0.39, 0.29) is 29.1 Å². The Hall–Kier alpha value is -1.56. The predicted octanol–water partition coefficient (Wildman–Crippen LogP) is 1.68. The molecule has 2 heterocycles. The Labute approximate surface area is 128 Å². The van der Waals surface area contributed by atoms with Crippen LogP contribution in [0.4, 0.5) is 0 Å². The van der Waals surface area contributed by atoms with E-state index in [1.54, 1.807) is 18.0 Å². The fourth-order valence-corrected chi connectivity index (χ4v) is 4.12. The van der Waals surface area contributed by atoms with Crippen LogP contribution in [-0.4, -0.2) is 39.5 Å². The van der Waals surface area contributed by atoms with E-state index in [1.165, 1.54) is 0 Å². The minimum atomic E-state index is -0.125. The van der Waals surface area contributed by atoms with Crippen molar-refractivity contribution in [1.29, 1.82) is 0 Å². The van der Waals surface area contributed by atoms with E-state index in [1.807, 2.05) is 30.0 Å². The lowest BCUT2D eigenvalue weighted by atomic mass is 10.2. The molecule has 0 aromatic carbocycles. The van der Waals surface area contributed by atoms with Gasteiger partial charge in [0, 0.05) is 12.1 Å². The van der Waals surface area contributed by atoms with Crippen LogP contribution in [0, 0.1) is 11.8 Å². The van der Waals surface area contributed by atoms with Crippen molar-refractivity contribution < 1.29 is 14.3 Å². The third kappa shape index (κ3) is 3.05. The average molecular weight is 306 g/mol. The lowest BCUT2D eigenvalue weighted by Gasteiger charge is -2.23. The number of carbonyl (C=O) groups is 2. The van der Waals surface area contributed by atoms with Crippen LogP contribution in [0.2, 0.25) is 0 Å². The van der Waals surface area contributed by atoms with Crippen molar-refractivity contribution in [3.63, 3.8) is 0 Å². The van der Waals surface area contributed by atoms with E-state index in [9.17, 15) is 9.59 Å². The number of ether oxygens (including phenoxy) is 1. The van der Waals surface area contributed by atoms with Gasteiger partial charge in [-0.1, -0.05) is 6.07 Å². The Morgan fingerprint density at radius 1 is 1.52 bits per heavy atom. The number of esters is 1. The van der Waals surface area contributed by atoms with E-state index in [0.29, 0.717) is 18.9 Å². The highest BCUT2D eigenvalue weighted by molar-refractivity contribution is 8.01. The molecule has 2 fully saturated rings. The summed E-state index contributed by atoms with van der Waals surface area (Å²) in [6.45, 7) is 2.75. The number of carbonyl (C=O) groups excluding carboxylic acids is 2. The minimum absolute atomic E-state index is 0.0421. The van der Waals surface area contributed by atoms with E-state index < -0.39 is 0 Å². The Morgan fingerprint density at radius 3 is 3.10 bits per heavy atom. The minimum Gasteiger partial charge on any atom is -0.466 e. The molecule has 112 valence electrons. The predicted molar refractivity (Wildman–Crippen MR) is 79.3 cm³/mol. The summed E-state index contributed by atoms with van der Waals surface area (Å²) in [5, 5.41) is 0.0777. The summed E-state index contributed by atoms with van der Waals surface area (Å²) < 4.78 is 5.07. The highest BCUT2D eigenvalue weighted by Crippen LogP contribution is 2.49. The number of nitrogens with zero attached hydrogens (tertiary/aromatic N) is 2. The van der Waals surface area contributed by atoms with Crippen molar-refractivity contribution in [2.45, 2.75) is 25.3 Å². The van der Waals surface area contributed by atoms with Gasteiger partial charge in [-0.2, -0.15) is 0 Å². The van der Waals surface area contributed by atoms with Gasteiger partial charge in [0.15, 0.2) is 0 Å². The number of amides is 1. The van der Waals surface area contributed by atoms with Gasteiger partial charge in [-0.05, 0) is 25.5 Å². The maximum atomic E-state index is 12.1. The molecular weight excluding hydrogens is 288 g/mol. The van der Waals surface area contributed by atoms with Gasteiger partial charge in [-0.25, -0.2) is 0 Å². The molecule has 0 spiro atoms. The molecule has 1 aromatic rings. The van der Waals surface area contributed by atoms with Crippen molar-refractivity contribution >= 4 is 23.6 Å². The molecule has 0 bridgehead atoms. The summed E-state index contributed by atoms with van der Waals surface area (Å²) in [6, 6.07) is 5.70. The second-order valence-electron chi connectivity index (χ2n) is 5.30. The number of rotatable bonds is 5. The van der Waals surface area contributed by atoms with Crippen molar-refractivity contribution in [3.05, 3.63) is 30.1 Å². The normalized spacial score (nSPS) is 27.8. The fraction of sp³-hybridized carbons (Fsp3) is 0.533. The molecule has 3 atom stereocenters. The number of thioether (sulfide) groups is 1. The standard InChI is InChI=1S/C15H18N2O3S/c1-2-20-15(19)12-7-11(12)14-17(13(18)9-21-14)8-10-5-3-4-6-16-10/h3-6,11-12,14H,2,7-9H2,1H3. The second-order valence-corrected chi connectivity index (χ2v) is 6.41. The molecular formula is C15H18N2O3S. The van der Waals surface area contributed by atoms with Crippen molar-refractivity contribution in [2.24, 2.45) is 11.8 Å². The maximum absolute atomic E-state index is 12.1. The molecule has 3 unspecified atom stereocenters.